The molecule has 1 aliphatic heterocycles. The molecule has 1 saturated heterocycles. The van der Waals surface area contributed by atoms with Crippen LogP contribution in [0.15, 0.2) is 78.9 Å². The first-order valence-electron chi connectivity index (χ1n) is 12.5. The molecule has 0 radical (unpaired) electrons. The number of piperazine rings is 1. The highest BCUT2D eigenvalue weighted by atomic mass is 35.5. The van der Waals surface area contributed by atoms with E-state index in [0.29, 0.717) is 23.7 Å². The standard InChI is InChI=1S/C28H28ClN3O6S/c29-23-9-11-24(12-10-23)30-13-15-31(16-14-30)39(37,38)32(19-20-5-4-8-22(17-20)26(33)34)28(27(35)36)18-25(28)21-6-2-1-3-7-21/h1-12,17,25H,13-16,18-19H2,(H,33,34)(H,35,36)/t25-,28-/m1/s1. The van der Waals surface area contributed by atoms with Crippen molar-refractivity contribution in [1.29, 1.82) is 0 Å². The summed E-state index contributed by atoms with van der Waals surface area (Å²) in [4.78, 5) is 26.4. The number of aromatic carboxylic acids is 1. The Kier molecular flexibility index (Phi) is 7.39. The lowest BCUT2D eigenvalue weighted by atomic mass is 10.1. The van der Waals surface area contributed by atoms with E-state index in [4.69, 9.17) is 11.6 Å². The lowest BCUT2D eigenvalue weighted by molar-refractivity contribution is -0.143. The first-order valence-corrected chi connectivity index (χ1v) is 14.3. The van der Waals surface area contributed by atoms with Gasteiger partial charge in [0.2, 0.25) is 0 Å². The van der Waals surface area contributed by atoms with Crippen molar-refractivity contribution in [2.75, 3.05) is 31.1 Å². The minimum atomic E-state index is -4.26. The molecule has 0 aromatic heterocycles. The van der Waals surface area contributed by atoms with Crippen LogP contribution >= 0.6 is 11.6 Å². The van der Waals surface area contributed by atoms with Gasteiger partial charge in [0.05, 0.1) is 5.56 Å². The second-order valence-electron chi connectivity index (χ2n) is 9.78. The van der Waals surface area contributed by atoms with Gasteiger partial charge in [-0.2, -0.15) is 17.0 Å². The molecule has 5 rings (SSSR count). The third-order valence-corrected chi connectivity index (χ3v) is 9.77. The lowest BCUT2D eigenvalue weighted by Crippen LogP contribution is -2.57. The van der Waals surface area contributed by atoms with Crippen LogP contribution in [0.5, 0.6) is 0 Å². The van der Waals surface area contributed by atoms with Gasteiger partial charge in [0.1, 0.15) is 5.54 Å². The molecule has 9 nitrogen and oxygen atoms in total. The van der Waals surface area contributed by atoms with Crippen LogP contribution in [0.3, 0.4) is 0 Å². The summed E-state index contributed by atoms with van der Waals surface area (Å²) in [7, 11) is -4.26. The van der Waals surface area contributed by atoms with E-state index in [1.165, 1.54) is 22.5 Å². The number of hydrogen-bond acceptors (Lipinski definition) is 5. The maximum absolute atomic E-state index is 14.2. The molecule has 2 aliphatic rings. The number of anilines is 1. The van der Waals surface area contributed by atoms with Crippen molar-refractivity contribution in [2.45, 2.75) is 24.4 Å². The van der Waals surface area contributed by atoms with Crippen molar-refractivity contribution in [3.8, 4) is 0 Å². The van der Waals surface area contributed by atoms with Crippen LogP contribution in [-0.2, 0) is 21.5 Å². The summed E-state index contributed by atoms with van der Waals surface area (Å²) in [5, 5.41) is 20.5. The van der Waals surface area contributed by atoms with Crippen LogP contribution in [0.4, 0.5) is 5.69 Å². The Balaban J connectivity index is 1.47. The van der Waals surface area contributed by atoms with Crippen molar-refractivity contribution >= 4 is 39.4 Å². The van der Waals surface area contributed by atoms with E-state index in [1.807, 2.05) is 18.2 Å². The molecule has 2 fully saturated rings. The van der Waals surface area contributed by atoms with Crippen LogP contribution < -0.4 is 4.90 Å². The van der Waals surface area contributed by atoms with E-state index >= 15 is 0 Å². The number of halogens is 1. The highest BCUT2D eigenvalue weighted by Crippen LogP contribution is 2.57. The Labute approximate surface area is 232 Å². The lowest BCUT2D eigenvalue weighted by Gasteiger charge is -2.39. The van der Waals surface area contributed by atoms with E-state index in [-0.39, 0.29) is 31.6 Å². The number of aliphatic carboxylic acids is 1. The monoisotopic (exact) mass is 569 g/mol. The maximum Gasteiger partial charge on any atom is 0.335 e. The number of carboxylic acid groups (broad SMARTS) is 2. The van der Waals surface area contributed by atoms with Gasteiger partial charge in [-0.3, -0.25) is 4.79 Å². The van der Waals surface area contributed by atoms with Gasteiger partial charge >= 0.3 is 11.9 Å². The summed E-state index contributed by atoms with van der Waals surface area (Å²) in [5.41, 5.74) is 0.380. The minimum Gasteiger partial charge on any atom is -0.480 e. The summed E-state index contributed by atoms with van der Waals surface area (Å²) in [5.74, 6) is -2.91. The molecule has 11 heteroatoms. The van der Waals surface area contributed by atoms with E-state index in [9.17, 15) is 28.2 Å². The SMILES string of the molecule is O=C(O)c1cccc(CN([C@]2(C(=O)O)C[C@@H]2c2ccccc2)S(=O)(=O)N2CCN(c3ccc(Cl)cc3)CC2)c1. The summed E-state index contributed by atoms with van der Waals surface area (Å²) >= 11 is 6.00. The molecule has 3 aromatic rings. The van der Waals surface area contributed by atoms with Crippen molar-refractivity contribution in [1.82, 2.24) is 8.61 Å². The second-order valence-corrected chi connectivity index (χ2v) is 12.1. The van der Waals surface area contributed by atoms with Crippen LogP contribution in [0.25, 0.3) is 0 Å². The van der Waals surface area contributed by atoms with Gasteiger partial charge in [-0.25, -0.2) is 4.79 Å². The molecule has 1 aliphatic carbocycles. The van der Waals surface area contributed by atoms with Crippen LogP contribution in [-0.4, -0.2) is 70.9 Å². The molecule has 0 amide bonds. The normalized spacial score (nSPS) is 21.6. The first-order chi connectivity index (χ1) is 18.6. The van der Waals surface area contributed by atoms with Crippen molar-refractivity contribution < 1.29 is 28.2 Å². The molecule has 0 bridgehead atoms. The summed E-state index contributed by atoms with van der Waals surface area (Å²) < 4.78 is 30.8. The molecule has 2 N–H and O–H groups in total. The molecule has 1 saturated carbocycles. The molecular formula is C28H28ClN3O6S. The smallest absolute Gasteiger partial charge is 0.335 e. The zero-order valence-corrected chi connectivity index (χ0v) is 22.6. The topological polar surface area (TPSA) is 118 Å². The Morgan fingerprint density at radius 3 is 2.21 bits per heavy atom. The number of rotatable bonds is 9. The van der Waals surface area contributed by atoms with E-state index in [2.05, 4.69) is 4.90 Å². The Hall–Kier alpha value is -3.44. The average Bonchev–Trinajstić information content (AvgIpc) is 3.70. The molecule has 204 valence electrons. The van der Waals surface area contributed by atoms with Gasteiger partial charge in [0, 0.05) is 49.4 Å². The van der Waals surface area contributed by atoms with Gasteiger partial charge in [-0.1, -0.05) is 54.1 Å². The maximum atomic E-state index is 14.2. The highest BCUT2D eigenvalue weighted by Gasteiger charge is 2.68. The number of nitrogens with zero attached hydrogens (tertiary/aromatic N) is 3. The van der Waals surface area contributed by atoms with Gasteiger partial charge < -0.3 is 15.1 Å². The quantitative estimate of drug-likeness (QED) is 0.401. The van der Waals surface area contributed by atoms with Crippen LogP contribution in [0, 0.1) is 0 Å². The van der Waals surface area contributed by atoms with E-state index in [1.54, 1.807) is 42.5 Å². The predicted molar refractivity (Wildman–Crippen MR) is 147 cm³/mol. The number of carboxylic acids is 2. The fraction of sp³-hybridized carbons (Fsp3) is 0.286. The predicted octanol–water partition coefficient (Wildman–Crippen LogP) is 3.92. The van der Waals surface area contributed by atoms with Gasteiger partial charge in [-0.05, 0) is 53.9 Å². The molecule has 0 spiro atoms. The van der Waals surface area contributed by atoms with Gasteiger partial charge in [-0.15, -0.1) is 0 Å². The summed E-state index contributed by atoms with van der Waals surface area (Å²) in [6, 6.07) is 22.3. The third kappa shape index (κ3) is 5.25. The molecule has 2 atom stereocenters. The molecular weight excluding hydrogens is 542 g/mol. The Bertz CT molecular complexity index is 1480. The number of carbonyl (C=O) groups is 2. The molecule has 39 heavy (non-hydrogen) atoms. The Morgan fingerprint density at radius 1 is 0.923 bits per heavy atom. The van der Waals surface area contributed by atoms with Crippen molar-refractivity contribution in [2.24, 2.45) is 0 Å². The average molecular weight is 570 g/mol. The largest absolute Gasteiger partial charge is 0.480 e. The fourth-order valence-electron chi connectivity index (χ4n) is 5.32. The second kappa shape index (κ2) is 10.6. The van der Waals surface area contributed by atoms with E-state index < -0.39 is 33.6 Å². The Morgan fingerprint density at radius 2 is 1.59 bits per heavy atom. The van der Waals surface area contributed by atoms with Crippen LogP contribution in [0.1, 0.15) is 33.8 Å². The zero-order chi connectivity index (χ0) is 27.8. The van der Waals surface area contributed by atoms with Crippen LogP contribution in [0.2, 0.25) is 5.02 Å². The molecule has 1 heterocycles. The molecule has 0 unspecified atom stereocenters. The summed E-state index contributed by atoms with van der Waals surface area (Å²) in [6.45, 7) is 0.915. The number of benzene rings is 3. The van der Waals surface area contributed by atoms with Crippen molar-refractivity contribution in [3.05, 3.63) is 101 Å². The summed E-state index contributed by atoms with van der Waals surface area (Å²) in [6.07, 6.45) is 0.120. The first kappa shape index (κ1) is 27.1. The van der Waals surface area contributed by atoms with E-state index in [0.717, 1.165) is 15.6 Å². The van der Waals surface area contributed by atoms with Gasteiger partial charge in [0.25, 0.3) is 10.2 Å². The zero-order valence-electron chi connectivity index (χ0n) is 21.0. The minimum absolute atomic E-state index is 0.00112. The third-order valence-electron chi connectivity index (χ3n) is 7.48. The van der Waals surface area contributed by atoms with Gasteiger partial charge in [0.15, 0.2) is 0 Å². The highest BCUT2D eigenvalue weighted by molar-refractivity contribution is 7.86. The fourth-order valence-corrected chi connectivity index (χ4v) is 7.35. The van der Waals surface area contributed by atoms with Crippen molar-refractivity contribution in [3.63, 3.8) is 0 Å². The number of hydrogen-bond donors (Lipinski definition) is 2. The molecule has 3 aromatic carbocycles.